The summed E-state index contributed by atoms with van der Waals surface area (Å²) in [5, 5.41) is 19.1. The topological polar surface area (TPSA) is 140 Å². The Bertz CT molecular complexity index is 1140. The van der Waals surface area contributed by atoms with Gasteiger partial charge in [-0.1, -0.05) is 23.8 Å². The van der Waals surface area contributed by atoms with Crippen molar-refractivity contribution in [3.8, 4) is 5.82 Å². The Morgan fingerprint density at radius 2 is 1.88 bits per heavy atom. The Balaban J connectivity index is 0.00000324. The third kappa shape index (κ3) is 5.69. The van der Waals surface area contributed by atoms with E-state index in [2.05, 4.69) is 40.7 Å². The van der Waals surface area contributed by atoms with Gasteiger partial charge < -0.3 is 5.73 Å². The summed E-state index contributed by atoms with van der Waals surface area (Å²) in [5.41, 5.74) is 8.12. The van der Waals surface area contributed by atoms with Crippen molar-refractivity contribution in [1.82, 2.24) is 35.6 Å². The number of rotatable bonds is 6. The zero-order chi connectivity index (χ0) is 23.4. The fourth-order valence-electron chi connectivity index (χ4n) is 3.44. The molecule has 0 radical (unpaired) electrons. The van der Waals surface area contributed by atoms with Crippen LogP contribution in [0.25, 0.3) is 5.82 Å². The van der Waals surface area contributed by atoms with Gasteiger partial charge in [0.2, 0.25) is 11.6 Å². The molecule has 3 N–H and O–H groups in total. The molecule has 0 saturated carbocycles. The number of carbonyl (C=O) groups excluding carboxylic acids is 1. The maximum absolute atomic E-state index is 13.0. The predicted octanol–water partition coefficient (Wildman–Crippen LogP) is 2.42. The van der Waals surface area contributed by atoms with Gasteiger partial charge >= 0.3 is 6.18 Å². The number of hydrogen-bond acceptors (Lipinski definition) is 9. The third-order valence-electron chi connectivity index (χ3n) is 5.09. The second-order valence-electron chi connectivity index (χ2n) is 7.43. The lowest BCUT2D eigenvalue weighted by atomic mass is 10.1. The van der Waals surface area contributed by atoms with Crippen LogP contribution in [0.4, 0.5) is 19.0 Å². The number of anilines is 1. The van der Waals surface area contributed by atoms with Crippen molar-refractivity contribution in [2.45, 2.75) is 32.0 Å². The highest BCUT2D eigenvalue weighted by molar-refractivity contribution is 5.95. The third-order valence-corrected chi connectivity index (χ3v) is 5.09. The summed E-state index contributed by atoms with van der Waals surface area (Å²) < 4.78 is 43.8. The quantitative estimate of drug-likeness (QED) is 0.389. The fourth-order valence-corrected chi connectivity index (χ4v) is 3.44. The molecule has 11 nitrogen and oxygen atoms in total. The first kappa shape index (κ1) is 25.1. The predicted molar refractivity (Wildman–Crippen MR) is 117 cm³/mol. The molecular formula is C19H21ClF3N9O2. The summed E-state index contributed by atoms with van der Waals surface area (Å²) in [6.07, 6.45) is 0.0389. The summed E-state index contributed by atoms with van der Waals surface area (Å²) in [5.74, 6) is -0.728. The van der Waals surface area contributed by atoms with E-state index in [1.165, 1.54) is 18.3 Å². The molecular weight excluding hydrogens is 479 g/mol. The van der Waals surface area contributed by atoms with Crippen molar-refractivity contribution >= 4 is 30.3 Å². The van der Waals surface area contributed by atoms with Crippen LogP contribution in [0.5, 0.6) is 0 Å². The van der Waals surface area contributed by atoms with E-state index in [0.717, 1.165) is 49.2 Å². The highest BCUT2D eigenvalue weighted by atomic mass is 35.5. The normalized spacial score (nSPS) is 14.8. The standard InChI is InChI=1S/C19H20F3N9O2.ClH/c20-19(21,22)13-6-4-12(5-7-13)10-24-26-18(32)15-14(11-30-8-2-1-3-9-30)25-29-31(15)17-16(23)27-33-28-17;/h4-7,10H,1-3,8-9,11H2,(H2,23,27)(H,26,32);1H/b24-10+;. The van der Waals surface area contributed by atoms with Crippen molar-refractivity contribution in [1.29, 1.82) is 0 Å². The van der Waals surface area contributed by atoms with Crippen molar-refractivity contribution < 1.29 is 22.6 Å². The number of hydrogen-bond donors (Lipinski definition) is 2. The number of carbonyl (C=O) groups is 1. The first-order chi connectivity index (χ1) is 15.8. The molecule has 0 unspecified atom stereocenters. The van der Waals surface area contributed by atoms with Crippen molar-refractivity contribution in [3.05, 3.63) is 46.8 Å². The molecule has 34 heavy (non-hydrogen) atoms. The van der Waals surface area contributed by atoms with Crippen LogP contribution < -0.4 is 11.2 Å². The Morgan fingerprint density at radius 3 is 2.50 bits per heavy atom. The highest BCUT2D eigenvalue weighted by Gasteiger charge is 2.30. The first-order valence-electron chi connectivity index (χ1n) is 10.1. The second-order valence-corrected chi connectivity index (χ2v) is 7.43. The monoisotopic (exact) mass is 499 g/mol. The maximum Gasteiger partial charge on any atom is 0.416 e. The average Bonchev–Trinajstić information content (AvgIpc) is 3.40. The average molecular weight is 500 g/mol. The number of amides is 1. The summed E-state index contributed by atoms with van der Waals surface area (Å²) >= 11 is 0. The van der Waals surface area contributed by atoms with Crippen LogP contribution in [0.3, 0.4) is 0 Å². The minimum atomic E-state index is -4.43. The molecule has 3 aromatic rings. The van der Waals surface area contributed by atoms with E-state index in [0.29, 0.717) is 17.8 Å². The largest absolute Gasteiger partial charge is 0.416 e. The van der Waals surface area contributed by atoms with Crippen LogP contribution in [0.1, 0.15) is 46.6 Å². The van der Waals surface area contributed by atoms with Gasteiger partial charge in [0.1, 0.15) is 5.69 Å². The van der Waals surface area contributed by atoms with Crippen LogP contribution >= 0.6 is 12.4 Å². The minimum Gasteiger partial charge on any atom is -0.378 e. The number of nitrogens with two attached hydrogens (primary N) is 1. The summed E-state index contributed by atoms with van der Waals surface area (Å²) in [4.78, 5) is 15.1. The number of halogens is 4. The van der Waals surface area contributed by atoms with Gasteiger partial charge in [0, 0.05) is 6.54 Å². The van der Waals surface area contributed by atoms with Gasteiger partial charge in [0.05, 0.1) is 11.8 Å². The van der Waals surface area contributed by atoms with E-state index in [4.69, 9.17) is 5.73 Å². The lowest BCUT2D eigenvalue weighted by Gasteiger charge is -2.25. The molecule has 3 heterocycles. The molecule has 15 heteroatoms. The Morgan fingerprint density at radius 1 is 1.18 bits per heavy atom. The highest BCUT2D eigenvalue weighted by Crippen LogP contribution is 2.28. The lowest BCUT2D eigenvalue weighted by molar-refractivity contribution is -0.137. The van der Waals surface area contributed by atoms with E-state index >= 15 is 0 Å². The van der Waals surface area contributed by atoms with Gasteiger partial charge in [0.15, 0.2) is 5.69 Å². The first-order valence-corrected chi connectivity index (χ1v) is 10.1. The van der Waals surface area contributed by atoms with Crippen LogP contribution in [0, 0.1) is 0 Å². The number of hydrazone groups is 1. The molecule has 1 fully saturated rings. The molecule has 1 aliphatic rings. The zero-order valence-electron chi connectivity index (χ0n) is 17.7. The smallest absolute Gasteiger partial charge is 0.378 e. The Kier molecular flexibility index (Phi) is 7.83. The number of likely N-dealkylation sites (tertiary alicyclic amines) is 1. The molecule has 1 aromatic carbocycles. The van der Waals surface area contributed by atoms with E-state index in [1.54, 1.807) is 0 Å². The van der Waals surface area contributed by atoms with Gasteiger partial charge in [-0.2, -0.15) is 23.0 Å². The molecule has 0 bridgehead atoms. The molecule has 0 atom stereocenters. The molecule has 2 aromatic heterocycles. The van der Waals surface area contributed by atoms with Gasteiger partial charge in [-0.15, -0.1) is 17.5 Å². The lowest BCUT2D eigenvalue weighted by Crippen LogP contribution is -2.31. The number of nitrogens with one attached hydrogen (secondary N) is 1. The van der Waals surface area contributed by atoms with Crippen molar-refractivity contribution in [2.75, 3.05) is 18.8 Å². The zero-order valence-corrected chi connectivity index (χ0v) is 18.5. The molecule has 0 aliphatic carbocycles. The number of benzene rings is 1. The van der Waals surface area contributed by atoms with Gasteiger partial charge in [-0.3, -0.25) is 9.69 Å². The van der Waals surface area contributed by atoms with Crippen LogP contribution in [0.15, 0.2) is 34.0 Å². The maximum atomic E-state index is 13.0. The van der Waals surface area contributed by atoms with E-state index in [-0.39, 0.29) is 29.7 Å². The molecule has 1 saturated heterocycles. The SMILES string of the molecule is Cl.Nc1nonc1-n1nnc(CN2CCCCC2)c1C(=O)N/N=C/c1ccc(C(F)(F)F)cc1. The molecule has 0 spiro atoms. The van der Waals surface area contributed by atoms with E-state index in [9.17, 15) is 18.0 Å². The molecule has 1 amide bonds. The number of alkyl halides is 3. The number of nitrogen functional groups attached to an aromatic ring is 1. The minimum absolute atomic E-state index is 0. The number of piperidine rings is 1. The van der Waals surface area contributed by atoms with Gasteiger partial charge in [0.25, 0.3) is 5.91 Å². The van der Waals surface area contributed by atoms with Crippen LogP contribution in [-0.2, 0) is 12.7 Å². The summed E-state index contributed by atoms with van der Waals surface area (Å²) in [6.45, 7) is 2.12. The fraction of sp³-hybridized carbons (Fsp3) is 0.368. The molecule has 1 aliphatic heterocycles. The van der Waals surface area contributed by atoms with E-state index in [1.807, 2.05) is 0 Å². The van der Waals surface area contributed by atoms with Crippen LogP contribution in [0.2, 0.25) is 0 Å². The number of aromatic nitrogens is 5. The summed E-state index contributed by atoms with van der Waals surface area (Å²) in [6, 6.07) is 4.35. The van der Waals surface area contributed by atoms with E-state index < -0.39 is 17.6 Å². The van der Waals surface area contributed by atoms with Gasteiger partial charge in [-0.25, -0.2) is 10.1 Å². The van der Waals surface area contributed by atoms with Crippen molar-refractivity contribution in [2.24, 2.45) is 5.10 Å². The second kappa shape index (κ2) is 10.6. The molecule has 4 rings (SSSR count). The molecule has 182 valence electrons. The Labute approximate surface area is 197 Å². The number of nitrogens with zero attached hydrogens (tertiary/aromatic N) is 7. The van der Waals surface area contributed by atoms with Crippen LogP contribution in [-0.4, -0.2) is 55.4 Å². The summed E-state index contributed by atoms with van der Waals surface area (Å²) in [7, 11) is 0. The van der Waals surface area contributed by atoms with Crippen molar-refractivity contribution in [3.63, 3.8) is 0 Å². The van der Waals surface area contributed by atoms with Gasteiger partial charge in [-0.05, 0) is 53.9 Å². The Hall–Kier alpha value is -3.52.